The van der Waals surface area contributed by atoms with Crippen molar-refractivity contribution in [2.24, 2.45) is 11.3 Å². The van der Waals surface area contributed by atoms with Crippen LogP contribution in [-0.4, -0.2) is 12.7 Å². The van der Waals surface area contributed by atoms with E-state index in [1.807, 2.05) is 6.07 Å². The first-order valence-corrected chi connectivity index (χ1v) is 7.66. The highest BCUT2D eigenvalue weighted by Gasteiger charge is 2.29. The van der Waals surface area contributed by atoms with Gasteiger partial charge in [0.2, 0.25) is 0 Å². The Morgan fingerprint density at radius 2 is 1.71 bits per heavy atom. The fraction of sp³-hybridized carbons (Fsp3) is 0.647. The third-order valence-corrected chi connectivity index (χ3v) is 4.41. The van der Waals surface area contributed by atoms with Gasteiger partial charge in [0.05, 0.1) is 5.69 Å². The van der Waals surface area contributed by atoms with Crippen LogP contribution in [0.5, 0.6) is 5.75 Å². The van der Waals surface area contributed by atoms with Crippen LogP contribution in [0.1, 0.15) is 46.5 Å². The van der Waals surface area contributed by atoms with Gasteiger partial charge in [-0.05, 0) is 49.1 Å². The summed E-state index contributed by atoms with van der Waals surface area (Å²) in [7, 11) is 0. The molecule has 0 saturated heterocycles. The zero-order valence-electron chi connectivity index (χ0n) is 13.0. The van der Waals surface area contributed by atoms with Gasteiger partial charge in [0.25, 0.3) is 0 Å². The van der Waals surface area contributed by atoms with Crippen molar-refractivity contribution in [1.29, 1.82) is 0 Å². The van der Waals surface area contributed by atoms with Crippen LogP contribution < -0.4 is 10.1 Å². The largest absolute Gasteiger partial charge is 0.433 e. The van der Waals surface area contributed by atoms with E-state index in [2.05, 4.69) is 30.8 Å². The van der Waals surface area contributed by atoms with Crippen molar-refractivity contribution in [3.8, 4) is 5.75 Å². The molecule has 0 spiro atoms. The third kappa shape index (κ3) is 4.58. The molecule has 118 valence electrons. The summed E-state index contributed by atoms with van der Waals surface area (Å²) in [6.45, 7) is 4.08. The van der Waals surface area contributed by atoms with Crippen molar-refractivity contribution in [3.63, 3.8) is 0 Å². The Morgan fingerprint density at radius 1 is 1.10 bits per heavy atom. The van der Waals surface area contributed by atoms with Crippen LogP contribution >= 0.6 is 0 Å². The monoisotopic (exact) mass is 297 g/mol. The molecule has 1 aliphatic carbocycles. The third-order valence-electron chi connectivity index (χ3n) is 4.41. The summed E-state index contributed by atoms with van der Waals surface area (Å²) in [6.07, 6.45) is 4.51. The first-order valence-electron chi connectivity index (χ1n) is 7.66. The number of hydrogen-bond donors (Lipinski definition) is 1. The molecule has 21 heavy (non-hydrogen) atoms. The summed E-state index contributed by atoms with van der Waals surface area (Å²) < 4.78 is 29.4. The summed E-state index contributed by atoms with van der Waals surface area (Å²) >= 11 is 0. The maximum absolute atomic E-state index is 12.4. The smallest absolute Gasteiger partial charge is 0.387 e. The summed E-state index contributed by atoms with van der Waals surface area (Å²) in [6, 6.07) is 7.26. The van der Waals surface area contributed by atoms with E-state index in [0.29, 0.717) is 17.1 Å². The van der Waals surface area contributed by atoms with Crippen LogP contribution in [-0.2, 0) is 0 Å². The summed E-state index contributed by atoms with van der Waals surface area (Å²) in [4.78, 5) is 0. The van der Waals surface area contributed by atoms with Crippen molar-refractivity contribution in [1.82, 2.24) is 0 Å². The lowest BCUT2D eigenvalue weighted by molar-refractivity contribution is -0.0494. The fourth-order valence-electron chi connectivity index (χ4n) is 3.11. The lowest BCUT2D eigenvalue weighted by atomic mass is 9.71. The van der Waals surface area contributed by atoms with Crippen LogP contribution in [0.3, 0.4) is 0 Å². The van der Waals surface area contributed by atoms with E-state index in [0.717, 1.165) is 18.8 Å². The van der Waals surface area contributed by atoms with E-state index < -0.39 is 6.61 Å². The van der Waals surface area contributed by atoms with Gasteiger partial charge in [-0.3, -0.25) is 0 Å². The molecule has 1 saturated carbocycles. The van der Waals surface area contributed by atoms with Crippen LogP contribution in [0.25, 0.3) is 0 Å². The summed E-state index contributed by atoms with van der Waals surface area (Å²) in [5.74, 6) is 0.966. The molecule has 0 heterocycles. The van der Waals surface area contributed by atoms with Gasteiger partial charge in [-0.15, -0.1) is 0 Å². The highest BCUT2D eigenvalue weighted by molar-refractivity contribution is 5.56. The molecule has 4 heteroatoms. The maximum atomic E-state index is 12.4. The lowest BCUT2D eigenvalue weighted by Gasteiger charge is -2.37. The SMILES string of the molecule is CC(C)(C)C1CCC(Nc2ccccc2OC(F)F)CC1. The number of ether oxygens (including phenoxy) is 1. The Labute approximate surface area is 125 Å². The second-order valence-electron chi connectivity index (χ2n) is 6.93. The Balaban J connectivity index is 1.95. The van der Waals surface area contributed by atoms with Crippen molar-refractivity contribution in [2.45, 2.75) is 59.1 Å². The van der Waals surface area contributed by atoms with Crippen LogP contribution in [0.4, 0.5) is 14.5 Å². The normalized spacial score (nSPS) is 23.1. The molecule has 1 aromatic rings. The van der Waals surface area contributed by atoms with Gasteiger partial charge in [-0.2, -0.15) is 8.78 Å². The van der Waals surface area contributed by atoms with E-state index in [1.165, 1.54) is 12.8 Å². The van der Waals surface area contributed by atoms with E-state index in [-0.39, 0.29) is 5.75 Å². The Kier molecular flexibility index (Phi) is 5.07. The number of alkyl halides is 2. The Bertz CT molecular complexity index is 448. The zero-order chi connectivity index (χ0) is 15.5. The van der Waals surface area contributed by atoms with Crippen molar-refractivity contribution < 1.29 is 13.5 Å². The van der Waals surface area contributed by atoms with E-state index in [9.17, 15) is 8.78 Å². The number of halogens is 2. The first kappa shape index (κ1) is 16.1. The maximum Gasteiger partial charge on any atom is 0.387 e. The second-order valence-corrected chi connectivity index (χ2v) is 6.93. The standard InChI is InChI=1S/C17H25F2NO/c1-17(2,3)12-8-10-13(11-9-12)20-14-6-4-5-7-15(14)21-16(18)19/h4-7,12-13,16,20H,8-11H2,1-3H3. The molecule has 0 atom stereocenters. The van der Waals surface area contributed by atoms with Crippen LogP contribution in [0.2, 0.25) is 0 Å². The first-order chi connectivity index (χ1) is 9.86. The fourth-order valence-corrected chi connectivity index (χ4v) is 3.11. The molecule has 1 aliphatic rings. The molecular formula is C17H25F2NO. The van der Waals surface area contributed by atoms with Gasteiger partial charge in [0.1, 0.15) is 5.75 Å². The molecule has 2 rings (SSSR count). The van der Waals surface area contributed by atoms with Gasteiger partial charge >= 0.3 is 6.61 Å². The minimum absolute atomic E-state index is 0.227. The van der Waals surface area contributed by atoms with E-state index >= 15 is 0 Å². The topological polar surface area (TPSA) is 21.3 Å². The summed E-state index contributed by atoms with van der Waals surface area (Å²) in [5, 5.41) is 3.37. The van der Waals surface area contributed by atoms with Gasteiger partial charge in [0.15, 0.2) is 0 Å². The molecule has 1 fully saturated rings. The van der Waals surface area contributed by atoms with E-state index in [1.54, 1.807) is 18.2 Å². The molecular weight excluding hydrogens is 272 g/mol. The predicted molar refractivity (Wildman–Crippen MR) is 81.9 cm³/mol. The lowest BCUT2D eigenvalue weighted by Crippen LogP contribution is -2.31. The summed E-state index contributed by atoms with van der Waals surface area (Å²) in [5.41, 5.74) is 1.01. The average molecular weight is 297 g/mol. The number of hydrogen-bond acceptors (Lipinski definition) is 2. The molecule has 1 N–H and O–H groups in total. The average Bonchev–Trinajstić information content (AvgIpc) is 2.40. The molecule has 1 aromatic carbocycles. The van der Waals surface area contributed by atoms with Crippen LogP contribution in [0.15, 0.2) is 24.3 Å². The molecule has 2 nitrogen and oxygen atoms in total. The minimum atomic E-state index is -2.79. The highest BCUT2D eigenvalue weighted by Crippen LogP contribution is 2.39. The Hall–Kier alpha value is -1.32. The van der Waals surface area contributed by atoms with Gasteiger partial charge in [-0.1, -0.05) is 32.9 Å². The van der Waals surface area contributed by atoms with Gasteiger partial charge in [0, 0.05) is 6.04 Å². The minimum Gasteiger partial charge on any atom is -0.433 e. The van der Waals surface area contributed by atoms with Crippen LogP contribution in [0, 0.1) is 11.3 Å². The number of benzene rings is 1. The molecule has 0 radical (unpaired) electrons. The molecule has 0 unspecified atom stereocenters. The molecule has 0 aliphatic heterocycles. The molecule has 0 amide bonds. The Morgan fingerprint density at radius 3 is 2.29 bits per heavy atom. The predicted octanol–water partition coefficient (Wildman–Crippen LogP) is 5.30. The van der Waals surface area contributed by atoms with Gasteiger partial charge in [-0.25, -0.2) is 0 Å². The van der Waals surface area contributed by atoms with E-state index in [4.69, 9.17) is 0 Å². The quantitative estimate of drug-likeness (QED) is 0.813. The molecule has 0 aromatic heterocycles. The van der Waals surface area contributed by atoms with Crippen molar-refractivity contribution in [2.75, 3.05) is 5.32 Å². The zero-order valence-corrected chi connectivity index (χ0v) is 13.0. The highest BCUT2D eigenvalue weighted by atomic mass is 19.3. The van der Waals surface area contributed by atoms with Crippen molar-refractivity contribution >= 4 is 5.69 Å². The van der Waals surface area contributed by atoms with Crippen molar-refractivity contribution in [3.05, 3.63) is 24.3 Å². The number of para-hydroxylation sites is 2. The van der Waals surface area contributed by atoms with Gasteiger partial charge < -0.3 is 10.1 Å². The number of anilines is 1. The molecule has 0 bridgehead atoms. The second kappa shape index (κ2) is 6.63. The number of nitrogens with one attached hydrogen (secondary N) is 1. The number of rotatable bonds is 4.